The molecule has 3 rings (SSSR count). The number of amides is 2. The third kappa shape index (κ3) is 5.55. The summed E-state index contributed by atoms with van der Waals surface area (Å²) in [6, 6.07) is 4.92. The van der Waals surface area contributed by atoms with E-state index in [9.17, 15) is 9.59 Å². The maximum atomic E-state index is 12.4. The third-order valence-corrected chi connectivity index (χ3v) is 6.21. The van der Waals surface area contributed by atoms with Crippen molar-refractivity contribution >= 4 is 40.9 Å². The van der Waals surface area contributed by atoms with Gasteiger partial charge in [0.05, 0.1) is 17.2 Å². The van der Waals surface area contributed by atoms with Crippen LogP contribution in [-0.4, -0.2) is 30.7 Å². The lowest BCUT2D eigenvalue weighted by molar-refractivity contribution is -0.112. The summed E-state index contributed by atoms with van der Waals surface area (Å²) in [5.41, 5.74) is 2.37. The Morgan fingerprint density at radius 3 is 2.82 bits per heavy atom. The number of hydrogen-bond acceptors (Lipinski definition) is 4. The zero-order valence-corrected chi connectivity index (χ0v) is 17.5. The summed E-state index contributed by atoms with van der Waals surface area (Å²) in [6.07, 6.45) is 7.93. The fraction of sp³-hybridized carbons (Fsp3) is 0.429. The maximum absolute atomic E-state index is 12.4. The summed E-state index contributed by atoms with van der Waals surface area (Å²) in [5, 5.41) is 6.05. The standard InChI is InChI=1S/C21H25ClN2O3S/c1-14-19(28-12-11-27-14)21(26)24-16-7-8-17(18(22)13-16)20(25)23-10-9-15-5-3-2-4-6-15/h5,7-8,13H,2-4,6,9-12H2,1H3,(H,23,25)(H,24,26). The Morgan fingerprint density at radius 1 is 1.25 bits per heavy atom. The van der Waals surface area contributed by atoms with Crippen LogP contribution in [0.4, 0.5) is 5.69 Å². The summed E-state index contributed by atoms with van der Waals surface area (Å²) in [4.78, 5) is 25.4. The molecule has 2 aliphatic rings. The van der Waals surface area contributed by atoms with Crippen LogP contribution in [-0.2, 0) is 9.53 Å². The number of rotatable bonds is 6. The monoisotopic (exact) mass is 420 g/mol. The number of benzene rings is 1. The molecule has 28 heavy (non-hydrogen) atoms. The van der Waals surface area contributed by atoms with Gasteiger partial charge in [0.25, 0.3) is 11.8 Å². The lowest BCUT2D eigenvalue weighted by Gasteiger charge is -2.18. The third-order valence-electron chi connectivity index (χ3n) is 4.76. The second-order valence-corrected chi connectivity index (χ2v) is 8.36. The summed E-state index contributed by atoms with van der Waals surface area (Å²) in [5.74, 6) is 0.950. The molecule has 1 heterocycles. The molecule has 1 aliphatic carbocycles. The predicted molar refractivity (Wildman–Crippen MR) is 115 cm³/mol. The van der Waals surface area contributed by atoms with E-state index in [0.29, 0.717) is 40.1 Å². The van der Waals surface area contributed by atoms with E-state index in [2.05, 4.69) is 16.7 Å². The van der Waals surface area contributed by atoms with E-state index >= 15 is 0 Å². The molecule has 0 bridgehead atoms. The summed E-state index contributed by atoms with van der Waals surface area (Å²) >= 11 is 7.76. The van der Waals surface area contributed by atoms with Crippen molar-refractivity contribution in [1.29, 1.82) is 0 Å². The first-order valence-corrected chi connectivity index (χ1v) is 10.9. The fourth-order valence-electron chi connectivity index (χ4n) is 3.26. The number of hydrogen-bond donors (Lipinski definition) is 2. The first kappa shape index (κ1) is 20.8. The number of anilines is 1. The minimum atomic E-state index is -0.226. The van der Waals surface area contributed by atoms with Gasteiger partial charge >= 0.3 is 0 Å². The Morgan fingerprint density at radius 2 is 2.11 bits per heavy atom. The van der Waals surface area contributed by atoms with E-state index in [4.69, 9.17) is 16.3 Å². The van der Waals surface area contributed by atoms with Gasteiger partial charge in [0, 0.05) is 18.0 Å². The molecule has 0 aromatic heterocycles. The Balaban J connectivity index is 1.56. The van der Waals surface area contributed by atoms with Crippen LogP contribution in [0.3, 0.4) is 0 Å². The molecule has 0 saturated heterocycles. The molecular formula is C21H25ClN2O3S. The van der Waals surface area contributed by atoms with Crippen molar-refractivity contribution in [3.05, 3.63) is 51.1 Å². The van der Waals surface area contributed by atoms with Gasteiger partial charge in [-0.1, -0.05) is 23.3 Å². The molecular weight excluding hydrogens is 396 g/mol. The number of thioether (sulfide) groups is 1. The summed E-state index contributed by atoms with van der Waals surface area (Å²) < 4.78 is 5.42. The van der Waals surface area contributed by atoms with Gasteiger partial charge in [0.15, 0.2) is 0 Å². The van der Waals surface area contributed by atoms with Gasteiger partial charge in [0.2, 0.25) is 0 Å². The number of halogens is 1. The van der Waals surface area contributed by atoms with Crippen molar-refractivity contribution in [2.24, 2.45) is 0 Å². The van der Waals surface area contributed by atoms with Gasteiger partial charge in [-0.2, -0.15) is 0 Å². The highest BCUT2D eigenvalue weighted by molar-refractivity contribution is 8.04. The quantitative estimate of drug-likeness (QED) is 0.642. The largest absolute Gasteiger partial charge is 0.496 e. The number of carbonyl (C=O) groups excluding carboxylic acids is 2. The molecule has 0 radical (unpaired) electrons. The van der Waals surface area contributed by atoms with Gasteiger partial charge in [-0.25, -0.2) is 0 Å². The molecule has 7 heteroatoms. The molecule has 2 amide bonds. The van der Waals surface area contributed by atoms with E-state index in [-0.39, 0.29) is 11.8 Å². The molecule has 0 saturated carbocycles. The number of allylic oxidation sites excluding steroid dienone is 2. The van der Waals surface area contributed by atoms with Crippen LogP contribution in [0.15, 0.2) is 40.5 Å². The van der Waals surface area contributed by atoms with Crippen molar-refractivity contribution in [3.63, 3.8) is 0 Å². The van der Waals surface area contributed by atoms with Gasteiger partial charge in [-0.05, 0) is 57.2 Å². The van der Waals surface area contributed by atoms with Crippen LogP contribution in [0.25, 0.3) is 0 Å². The molecule has 1 aromatic carbocycles. The Kier molecular flexibility index (Phi) is 7.45. The van der Waals surface area contributed by atoms with Crippen LogP contribution in [0.1, 0.15) is 49.4 Å². The summed E-state index contributed by atoms with van der Waals surface area (Å²) in [6.45, 7) is 3.00. The average Bonchev–Trinajstić information content (AvgIpc) is 2.69. The Labute approximate surface area is 174 Å². The smallest absolute Gasteiger partial charge is 0.265 e. The van der Waals surface area contributed by atoms with Crippen LogP contribution >= 0.6 is 23.4 Å². The van der Waals surface area contributed by atoms with E-state index in [0.717, 1.165) is 25.0 Å². The Hall–Kier alpha value is -1.92. The topological polar surface area (TPSA) is 67.4 Å². The highest BCUT2D eigenvalue weighted by atomic mass is 35.5. The fourth-order valence-corrected chi connectivity index (χ4v) is 4.34. The van der Waals surface area contributed by atoms with Crippen molar-refractivity contribution in [1.82, 2.24) is 5.32 Å². The highest BCUT2D eigenvalue weighted by Crippen LogP contribution is 2.28. The maximum Gasteiger partial charge on any atom is 0.265 e. The van der Waals surface area contributed by atoms with Crippen LogP contribution < -0.4 is 10.6 Å². The molecule has 1 aromatic rings. The molecule has 0 unspecified atom stereocenters. The molecule has 5 nitrogen and oxygen atoms in total. The Bertz CT molecular complexity index is 820. The molecule has 1 aliphatic heterocycles. The summed E-state index contributed by atoms with van der Waals surface area (Å²) in [7, 11) is 0. The number of carbonyl (C=O) groups is 2. The predicted octanol–water partition coefficient (Wildman–Crippen LogP) is 4.89. The molecule has 0 fully saturated rings. The average molecular weight is 421 g/mol. The minimum absolute atomic E-state index is 0.200. The normalized spacial score (nSPS) is 16.9. The van der Waals surface area contributed by atoms with E-state index in [1.807, 2.05) is 0 Å². The highest BCUT2D eigenvalue weighted by Gasteiger charge is 2.19. The van der Waals surface area contributed by atoms with E-state index in [1.165, 1.54) is 30.2 Å². The van der Waals surface area contributed by atoms with Gasteiger partial charge in [-0.15, -0.1) is 11.8 Å². The molecule has 2 N–H and O–H groups in total. The van der Waals surface area contributed by atoms with E-state index < -0.39 is 0 Å². The van der Waals surface area contributed by atoms with Crippen molar-refractivity contribution in [2.45, 2.75) is 39.0 Å². The second-order valence-electron chi connectivity index (χ2n) is 6.85. The molecule has 150 valence electrons. The minimum Gasteiger partial charge on any atom is -0.496 e. The van der Waals surface area contributed by atoms with Crippen LogP contribution in [0.5, 0.6) is 0 Å². The molecule has 0 atom stereocenters. The SMILES string of the molecule is CC1=C(C(=O)Nc2ccc(C(=O)NCCC3=CCCCC3)c(Cl)c2)SCCO1. The van der Waals surface area contributed by atoms with Gasteiger partial charge in [0.1, 0.15) is 10.7 Å². The van der Waals surface area contributed by atoms with Gasteiger partial charge in [-0.3, -0.25) is 9.59 Å². The zero-order chi connectivity index (χ0) is 19.9. The van der Waals surface area contributed by atoms with Crippen LogP contribution in [0.2, 0.25) is 5.02 Å². The van der Waals surface area contributed by atoms with Crippen molar-refractivity contribution < 1.29 is 14.3 Å². The van der Waals surface area contributed by atoms with Gasteiger partial charge < -0.3 is 15.4 Å². The first-order valence-electron chi connectivity index (χ1n) is 9.58. The number of nitrogens with one attached hydrogen (secondary N) is 2. The lowest BCUT2D eigenvalue weighted by Crippen LogP contribution is -2.25. The zero-order valence-electron chi connectivity index (χ0n) is 16.0. The van der Waals surface area contributed by atoms with Crippen LogP contribution in [0, 0.1) is 0 Å². The second kappa shape index (κ2) is 10.0. The lowest BCUT2D eigenvalue weighted by atomic mass is 9.97. The molecule has 0 spiro atoms. The van der Waals surface area contributed by atoms with E-state index in [1.54, 1.807) is 25.1 Å². The van der Waals surface area contributed by atoms with Crippen molar-refractivity contribution in [3.8, 4) is 0 Å². The first-order chi connectivity index (χ1) is 13.5. The number of ether oxygens (including phenoxy) is 1. The van der Waals surface area contributed by atoms with Crippen molar-refractivity contribution in [2.75, 3.05) is 24.2 Å².